The number of thiazole rings is 1. The maximum absolute atomic E-state index is 12.1. The van der Waals surface area contributed by atoms with Crippen LogP contribution in [0.3, 0.4) is 0 Å². The van der Waals surface area contributed by atoms with Gasteiger partial charge in [-0.25, -0.2) is 4.98 Å². The summed E-state index contributed by atoms with van der Waals surface area (Å²) in [6, 6.07) is 6.85. The summed E-state index contributed by atoms with van der Waals surface area (Å²) in [6.45, 7) is 0.0571. The number of aromatic hydroxyl groups is 5. The number of nitrogen functional groups attached to an aromatic ring is 1. The first-order valence-electron chi connectivity index (χ1n) is 9.93. The summed E-state index contributed by atoms with van der Waals surface area (Å²) in [5.74, 6) is -8.23. The van der Waals surface area contributed by atoms with E-state index in [1.807, 2.05) is 0 Å². The second kappa shape index (κ2) is 10.0. The first-order chi connectivity index (χ1) is 16.0. The molecule has 1 heterocycles. The average molecular weight is 493 g/mol. The lowest BCUT2D eigenvalue weighted by atomic mass is 10.0. The lowest BCUT2D eigenvalue weighted by Gasteiger charge is -2.24. The van der Waals surface area contributed by atoms with Crippen LogP contribution >= 0.6 is 11.3 Å². The summed E-state index contributed by atoms with van der Waals surface area (Å²) in [5, 5.41) is 75.8. The summed E-state index contributed by atoms with van der Waals surface area (Å²) < 4.78 is 0. The molecule has 0 bridgehead atoms. The second-order valence-electron chi connectivity index (χ2n) is 7.49. The van der Waals surface area contributed by atoms with Crippen LogP contribution in [0.5, 0.6) is 28.7 Å². The minimum Gasteiger partial charge on any atom is -0.504 e. The molecule has 34 heavy (non-hydrogen) atoms. The van der Waals surface area contributed by atoms with E-state index in [9.17, 15) is 40.5 Å². The Morgan fingerprint density at radius 2 is 1.56 bits per heavy atom. The molecule has 11 N–H and O–H groups in total. The van der Waals surface area contributed by atoms with E-state index in [1.54, 1.807) is 29.6 Å². The lowest BCUT2D eigenvalue weighted by molar-refractivity contribution is -0.183. The first kappa shape index (κ1) is 24.9. The van der Waals surface area contributed by atoms with E-state index in [1.165, 1.54) is 11.3 Å². The molecule has 1 aromatic heterocycles. The Hall–Kier alpha value is -3.78. The zero-order chi connectivity index (χ0) is 25.0. The van der Waals surface area contributed by atoms with E-state index >= 15 is 0 Å². The molecule has 0 aliphatic heterocycles. The van der Waals surface area contributed by atoms with Gasteiger partial charge < -0.3 is 46.8 Å². The standard InChI is InChI=1S/C21H24N4O8S/c22-20-25-12(9-34-20)7-14(26)24-11-3-1-10(2-4-11)5-6-23-21(32,33)8-13-15(27)17(29)19(31)18(30)16(13)28/h1-4,9,23,27-33H,5-8H2,(H2,22,25)(H,24,26). The second-order valence-corrected chi connectivity index (χ2v) is 8.38. The molecule has 2 aromatic carbocycles. The quantitative estimate of drug-likeness (QED) is 0.112. The van der Waals surface area contributed by atoms with Crippen molar-refractivity contribution in [3.8, 4) is 28.7 Å². The van der Waals surface area contributed by atoms with Crippen molar-refractivity contribution in [2.45, 2.75) is 25.2 Å². The van der Waals surface area contributed by atoms with Crippen LogP contribution in [0, 0.1) is 0 Å². The van der Waals surface area contributed by atoms with E-state index in [-0.39, 0.29) is 18.9 Å². The van der Waals surface area contributed by atoms with Crippen LogP contribution in [-0.4, -0.2) is 59.1 Å². The molecule has 0 unspecified atom stereocenters. The highest BCUT2D eigenvalue weighted by atomic mass is 32.1. The fourth-order valence-corrected chi connectivity index (χ4v) is 3.71. The largest absolute Gasteiger partial charge is 0.504 e. The number of nitrogens with zero attached hydrogens (tertiary/aromatic N) is 1. The average Bonchev–Trinajstić information content (AvgIpc) is 3.19. The Balaban J connectivity index is 1.52. The highest BCUT2D eigenvalue weighted by molar-refractivity contribution is 7.13. The smallest absolute Gasteiger partial charge is 0.230 e. The molecule has 1 amide bonds. The van der Waals surface area contributed by atoms with E-state index in [4.69, 9.17) is 5.73 Å². The molecular formula is C21H24N4O8S. The van der Waals surface area contributed by atoms with Gasteiger partial charge in [-0.1, -0.05) is 12.1 Å². The zero-order valence-corrected chi connectivity index (χ0v) is 18.5. The van der Waals surface area contributed by atoms with Crippen LogP contribution in [0.2, 0.25) is 0 Å². The predicted molar refractivity (Wildman–Crippen MR) is 123 cm³/mol. The maximum Gasteiger partial charge on any atom is 0.230 e. The fraction of sp³-hybridized carbons (Fsp3) is 0.238. The van der Waals surface area contributed by atoms with Gasteiger partial charge in [-0.3, -0.25) is 10.1 Å². The number of anilines is 2. The number of hydrogen-bond donors (Lipinski definition) is 10. The molecule has 0 spiro atoms. The van der Waals surface area contributed by atoms with Gasteiger partial charge in [0, 0.05) is 24.0 Å². The van der Waals surface area contributed by atoms with Crippen molar-refractivity contribution in [2.75, 3.05) is 17.6 Å². The van der Waals surface area contributed by atoms with Gasteiger partial charge in [0.15, 0.2) is 16.6 Å². The number of nitrogens with one attached hydrogen (secondary N) is 2. The van der Waals surface area contributed by atoms with Crippen LogP contribution in [0.1, 0.15) is 16.8 Å². The van der Waals surface area contributed by atoms with Gasteiger partial charge in [-0.2, -0.15) is 0 Å². The van der Waals surface area contributed by atoms with Crippen molar-refractivity contribution in [3.63, 3.8) is 0 Å². The molecule has 12 nitrogen and oxygen atoms in total. The number of hydrogen-bond acceptors (Lipinski definition) is 12. The van der Waals surface area contributed by atoms with Gasteiger partial charge in [-0.05, 0) is 24.1 Å². The molecular weight excluding hydrogens is 468 g/mol. The topological polar surface area (TPSA) is 222 Å². The molecule has 0 radical (unpaired) electrons. The molecule has 0 atom stereocenters. The number of phenolic OH excluding ortho intramolecular Hbond substituents is 5. The first-order valence-corrected chi connectivity index (χ1v) is 10.8. The molecule has 0 aliphatic rings. The summed E-state index contributed by atoms with van der Waals surface area (Å²) in [5.41, 5.74) is 6.93. The number of carbonyl (C=O) groups is 1. The summed E-state index contributed by atoms with van der Waals surface area (Å²) in [7, 11) is 0. The van der Waals surface area contributed by atoms with E-state index in [2.05, 4.69) is 15.6 Å². The molecule has 0 fully saturated rings. The van der Waals surface area contributed by atoms with Gasteiger partial charge >= 0.3 is 0 Å². The number of benzene rings is 2. The van der Waals surface area contributed by atoms with Gasteiger partial charge in [0.2, 0.25) is 29.1 Å². The van der Waals surface area contributed by atoms with Crippen molar-refractivity contribution in [1.82, 2.24) is 10.3 Å². The van der Waals surface area contributed by atoms with Gasteiger partial charge in [-0.15, -0.1) is 11.3 Å². The van der Waals surface area contributed by atoms with E-state index < -0.39 is 46.6 Å². The third-order valence-electron chi connectivity index (χ3n) is 4.86. The highest BCUT2D eigenvalue weighted by Gasteiger charge is 2.31. The third kappa shape index (κ3) is 5.96. The number of rotatable bonds is 9. The van der Waals surface area contributed by atoms with E-state index in [0.29, 0.717) is 22.9 Å². The summed E-state index contributed by atoms with van der Waals surface area (Å²) in [4.78, 5) is 16.1. The molecule has 0 saturated heterocycles. The van der Waals surface area contributed by atoms with Crippen LogP contribution in [0.15, 0.2) is 29.6 Å². The van der Waals surface area contributed by atoms with Crippen LogP contribution in [0.25, 0.3) is 0 Å². The molecule has 0 saturated carbocycles. The van der Waals surface area contributed by atoms with Crippen LogP contribution < -0.4 is 16.4 Å². The minimum atomic E-state index is -2.63. The number of phenols is 5. The predicted octanol–water partition coefficient (Wildman–Crippen LogP) is 0.448. The SMILES string of the molecule is Nc1nc(CC(=O)Nc2ccc(CCNC(O)(O)Cc3c(O)c(O)c(O)c(O)c3O)cc2)cs1. The Kier molecular flexibility index (Phi) is 7.32. The van der Waals surface area contributed by atoms with Gasteiger partial charge in [0.1, 0.15) is 0 Å². The highest BCUT2D eigenvalue weighted by Crippen LogP contribution is 2.51. The third-order valence-corrected chi connectivity index (χ3v) is 5.59. The lowest BCUT2D eigenvalue weighted by Crippen LogP contribution is -2.47. The summed E-state index contributed by atoms with van der Waals surface area (Å²) in [6.07, 6.45) is -0.378. The van der Waals surface area contributed by atoms with Crippen molar-refractivity contribution in [1.29, 1.82) is 0 Å². The van der Waals surface area contributed by atoms with E-state index in [0.717, 1.165) is 5.56 Å². The van der Waals surface area contributed by atoms with Crippen molar-refractivity contribution >= 4 is 28.1 Å². The van der Waals surface area contributed by atoms with Gasteiger partial charge in [0.05, 0.1) is 17.7 Å². The number of nitrogens with two attached hydrogens (primary N) is 1. The number of amides is 1. The molecule has 3 rings (SSSR count). The number of aromatic nitrogens is 1. The molecule has 13 heteroatoms. The molecule has 3 aromatic rings. The Labute approximate surface area is 197 Å². The Morgan fingerprint density at radius 3 is 2.12 bits per heavy atom. The van der Waals surface area contributed by atoms with Crippen molar-refractivity contribution in [3.05, 3.63) is 46.5 Å². The molecule has 0 aliphatic carbocycles. The van der Waals surface area contributed by atoms with Crippen molar-refractivity contribution < 1.29 is 40.5 Å². The van der Waals surface area contributed by atoms with Crippen LogP contribution in [0.4, 0.5) is 10.8 Å². The normalized spacial score (nSPS) is 11.5. The monoisotopic (exact) mass is 492 g/mol. The summed E-state index contributed by atoms with van der Waals surface area (Å²) >= 11 is 1.26. The zero-order valence-electron chi connectivity index (χ0n) is 17.7. The Morgan fingerprint density at radius 1 is 0.971 bits per heavy atom. The minimum absolute atomic E-state index is 0.0571. The fourth-order valence-electron chi connectivity index (χ4n) is 3.15. The molecule has 182 valence electrons. The maximum atomic E-state index is 12.1. The van der Waals surface area contributed by atoms with Crippen LogP contribution in [-0.2, 0) is 24.1 Å². The van der Waals surface area contributed by atoms with Gasteiger partial charge in [0.25, 0.3) is 0 Å². The number of carbonyl (C=O) groups excluding carboxylic acids is 1. The Bertz CT molecular complexity index is 1150. The van der Waals surface area contributed by atoms with Crippen molar-refractivity contribution in [2.24, 2.45) is 0 Å². The number of aliphatic hydroxyl groups is 2.